The van der Waals surface area contributed by atoms with E-state index in [0.717, 1.165) is 10.0 Å². The summed E-state index contributed by atoms with van der Waals surface area (Å²) < 4.78 is 40.8. The van der Waals surface area contributed by atoms with Crippen molar-refractivity contribution in [2.24, 2.45) is 5.92 Å². The zero-order valence-corrected chi connectivity index (χ0v) is 17.7. The Labute approximate surface area is 173 Å². The zero-order valence-electron chi connectivity index (χ0n) is 15.3. The molecule has 0 bridgehead atoms. The summed E-state index contributed by atoms with van der Waals surface area (Å²) in [6, 6.07) is 13.3. The van der Waals surface area contributed by atoms with Crippen molar-refractivity contribution >= 4 is 31.9 Å². The van der Waals surface area contributed by atoms with Crippen LogP contribution in [0, 0.1) is 11.7 Å². The number of nitrogens with one attached hydrogen (secondary N) is 1. The number of halogens is 2. The molecule has 1 N–H and O–H groups in total. The van der Waals surface area contributed by atoms with Crippen molar-refractivity contribution in [3.05, 3.63) is 69.9 Å². The number of hydrogen-bond acceptors (Lipinski definition) is 3. The Morgan fingerprint density at radius 1 is 1.11 bits per heavy atom. The smallest absolute Gasteiger partial charge is 0.223 e. The molecule has 1 heterocycles. The highest BCUT2D eigenvalue weighted by Crippen LogP contribution is 2.23. The molecule has 1 amide bonds. The van der Waals surface area contributed by atoms with Gasteiger partial charge in [-0.1, -0.05) is 40.2 Å². The highest BCUT2D eigenvalue weighted by atomic mass is 79.9. The molecule has 1 fully saturated rings. The molecule has 150 valence electrons. The van der Waals surface area contributed by atoms with Crippen LogP contribution in [0.4, 0.5) is 4.39 Å². The second kappa shape index (κ2) is 9.15. The summed E-state index contributed by atoms with van der Waals surface area (Å²) in [5.74, 6) is -0.738. The van der Waals surface area contributed by atoms with Gasteiger partial charge in [0.1, 0.15) is 5.82 Å². The minimum Gasteiger partial charge on any atom is -0.352 e. The lowest BCUT2D eigenvalue weighted by atomic mass is 9.97. The van der Waals surface area contributed by atoms with Gasteiger partial charge >= 0.3 is 0 Å². The Morgan fingerprint density at radius 3 is 2.46 bits per heavy atom. The van der Waals surface area contributed by atoms with Crippen molar-refractivity contribution in [2.75, 3.05) is 13.1 Å². The average Bonchev–Trinajstić information content (AvgIpc) is 2.66. The summed E-state index contributed by atoms with van der Waals surface area (Å²) >= 11 is 3.35. The van der Waals surface area contributed by atoms with Crippen LogP contribution in [0.3, 0.4) is 0 Å². The summed E-state index contributed by atoms with van der Waals surface area (Å²) in [5.41, 5.74) is 1.42. The van der Waals surface area contributed by atoms with Crippen LogP contribution < -0.4 is 5.32 Å². The monoisotopic (exact) mass is 468 g/mol. The summed E-state index contributed by atoms with van der Waals surface area (Å²) in [6.45, 7) is 0.917. The molecule has 0 unspecified atom stereocenters. The van der Waals surface area contributed by atoms with Gasteiger partial charge in [0.15, 0.2) is 0 Å². The van der Waals surface area contributed by atoms with Crippen LogP contribution in [0.2, 0.25) is 0 Å². The molecule has 3 rings (SSSR count). The maximum Gasteiger partial charge on any atom is 0.223 e. The van der Waals surface area contributed by atoms with Crippen molar-refractivity contribution in [1.82, 2.24) is 9.62 Å². The molecule has 2 aromatic carbocycles. The van der Waals surface area contributed by atoms with Gasteiger partial charge in [-0.3, -0.25) is 4.79 Å². The van der Waals surface area contributed by atoms with Crippen molar-refractivity contribution in [1.29, 1.82) is 0 Å². The van der Waals surface area contributed by atoms with Crippen molar-refractivity contribution in [3.8, 4) is 0 Å². The number of hydrogen-bond donors (Lipinski definition) is 1. The van der Waals surface area contributed by atoms with E-state index in [1.54, 1.807) is 24.3 Å². The van der Waals surface area contributed by atoms with Crippen LogP contribution in [0.1, 0.15) is 24.0 Å². The van der Waals surface area contributed by atoms with Crippen LogP contribution in [0.15, 0.2) is 53.0 Å². The molecule has 1 aliphatic rings. The topological polar surface area (TPSA) is 66.5 Å². The first-order chi connectivity index (χ1) is 13.3. The fourth-order valence-corrected chi connectivity index (χ4v) is 5.30. The molecule has 1 aliphatic heterocycles. The molecule has 28 heavy (non-hydrogen) atoms. The van der Waals surface area contributed by atoms with Crippen molar-refractivity contribution < 1.29 is 17.6 Å². The minimum atomic E-state index is -3.42. The van der Waals surface area contributed by atoms with Crippen LogP contribution in [0.5, 0.6) is 0 Å². The molecule has 8 heteroatoms. The van der Waals surface area contributed by atoms with Crippen LogP contribution >= 0.6 is 15.9 Å². The Kier molecular flexibility index (Phi) is 6.85. The van der Waals surface area contributed by atoms with Gasteiger partial charge in [0.2, 0.25) is 15.9 Å². The van der Waals surface area contributed by atoms with E-state index in [1.807, 2.05) is 12.1 Å². The number of nitrogens with zero attached hydrogens (tertiary/aromatic N) is 1. The van der Waals surface area contributed by atoms with Gasteiger partial charge in [-0.15, -0.1) is 0 Å². The number of benzene rings is 2. The lowest BCUT2D eigenvalue weighted by Crippen LogP contribution is -2.43. The zero-order chi connectivity index (χ0) is 20.1. The first kappa shape index (κ1) is 21.0. The maximum atomic E-state index is 13.2. The standard InChI is InChI=1S/C20H22BrFN2O3S/c21-18-5-1-4-16(11-18)14-28(26,27)24-9-7-17(8-10-24)20(25)23-13-15-3-2-6-19(22)12-15/h1-6,11-12,17H,7-10,13-14H2,(H,23,25). The third-order valence-corrected chi connectivity index (χ3v) is 7.16. The molecule has 0 spiro atoms. The van der Waals surface area contributed by atoms with E-state index < -0.39 is 10.0 Å². The van der Waals surface area contributed by atoms with E-state index in [2.05, 4.69) is 21.2 Å². The second-order valence-corrected chi connectivity index (χ2v) is 9.79. The first-order valence-corrected chi connectivity index (χ1v) is 11.5. The largest absolute Gasteiger partial charge is 0.352 e. The van der Waals surface area contributed by atoms with E-state index in [1.165, 1.54) is 16.4 Å². The molecule has 2 aromatic rings. The Morgan fingerprint density at radius 2 is 1.79 bits per heavy atom. The summed E-state index contributed by atoms with van der Waals surface area (Å²) in [7, 11) is -3.42. The van der Waals surface area contributed by atoms with Gasteiger partial charge in [-0.2, -0.15) is 0 Å². The van der Waals surface area contributed by atoms with Crippen LogP contribution in [-0.2, 0) is 27.1 Å². The highest BCUT2D eigenvalue weighted by molar-refractivity contribution is 9.10. The third-order valence-electron chi connectivity index (χ3n) is 4.81. The summed E-state index contributed by atoms with van der Waals surface area (Å²) in [5, 5.41) is 2.82. The molecule has 0 saturated carbocycles. The normalized spacial score (nSPS) is 16.1. The molecule has 5 nitrogen and oxygen atoms in total. The summed E-state index contributed by atoms with van der Waals surface area (Å²) in [4.78, 5) is 12.4. The number of rotatable bonds is 6. The van der Waals surface area contributed by atoms with E-state index in [0.29, 0.717) is 31.5 Å². The highest BCUT2D eigenvalue weighted by Gasteiger charge is 2.31. The van der Waals surface area contributed by atoms with E-state index in [4.69, 9.17) is 0 Å². The van der Waals surface area contributed by atoms with Gasteiger partial charge in [-0.05, 0) is 48.2 Å². The molecule has 0 atom stereocenters. The SMILES string of the molecule is O=C(NCc1cccc(F)c1)C1CCN(S(=O)(=O)Cc2cccc(Br)c2)CC1. The van der Waals surface area contributed by atoms with Crippen molar-refractivity contribution in [2.45, 2.75) is 25.1 Å². The lowest BCUT2D eigenvalue weighted by Gasteiger charge is -2.30. The van der Waals surface area contributed by atoms with Gasteiger partial charge in [0.05, 0.1) is 5.75 Å². The van der Waals surface area contributed by atoms with E-state index in [9.17, 15) is 17.6 Å². The quantitative estimate of drug-likeness (QED) is 0.705. The van der Waals surface area contributed by atoms with Gasteiger partial charge in [-0.25, -0.2) is 17.1 Å². The average molecular weight is 469 g/mol. The van der Waals surface area contributed by atoms with Crippen molar-refractivity contribution in [3.63, 3.8) is 0 Å². The second-order valence-electron chi connectivity index (χ2n) is 6.91. The number of sulfonamides is 1. The molecule has 0 radical (unpaired) electrons. The predicted octanol–water partition coefficient (Wildman–Crippen LogP) is 3.45. The van der Waals surface area contributed by atoms with E-state index >= 15 is 0 Å². The molecule has 1 saturated heterocycles. The van der Waals surface area contributed by atoms with Gasteiger partial charge in [0.25, 0.3) is 0 Å². The molecular weight excluding hydrogens is 447 g/mol. The lowest BCUT2D eigenvalue weighted by molar-refractivity contribution is -0.126. The number of piperidine rings is 1. The fourth-order valence-electron chi connectivity index (χ4n) is 3.31. The molecule has 0 aromatic heterocycles. The Bertz CT molecular complexity index is 944. The number of amides is 1. The maximum absolute atomic E-state index is 13.2. The molecular formula is C20H22BrFN2O3S. The summed E-state index contributed by atoms with van der Waals surface area (Å²) in [6.07, 6.45) is 0.958. The predicted molar refractivity (Wildman–Crippen MR) is 109 cm³/mol. The van der Waals surface area contributed by atoms with Crippen LogP contribution in [0.25, 0.3) is 0 Å². The van der Waals surface area contributed by atoms with Gasteiger partial charge < -0.3 is 5.32 Å². The molecule has 0 aliphatic carbocycles. The Hall–Kier alpha value is -1.77. The minimum absolute atomic E-state index is 0.0527. The third kappa shape index (κ3) is 5.62. The first-order valence-electron chi connectivity index (χ1n) is 9.08. The van der Waals surface area contributed by atoms with Crippen LogP contribution in [-0.4, -0.2) is 31.7 Å². The number of carbonyl (C=O) groups is 1. The number of carbonyl (C=O) groups excluding carboxylic acids is 1. The van der Waals surface area contributed by atoms with Gasteiger partial charge in [0, 0.05) is 30.0 Å². The van der Waals surface area contributed by atoms with E-state index in [-0.39, 0.29) is 29.9 Å². The fraction of sp³-hybridized carbons (Fsp3) is 0.350. The Balaban J connectivity index is 1.51.